The summed E-state index contributed by atoms with van der Waals surface area (Å²) in [7, 11) is -1.29. The van der Waals surface area contributed by atoms with Crippen LogP contribution in [-0.4, -0.2) is 27.0 Å². The van der Waals surface area contributed by atoms with Crippen LogP contribution >= 0.6 is 11.3 Å². The number of nitrogens with zero attached hydrogens (tertiary/aromatic N) is 1. The highest BCUT2D eigenvalue weighted by atomic mass is 32.2. The lowest BCUT2D eigenvalue weighted by atomic mass is 9.68. The molecule has 1 aliphatic carbocycles. The number of nitrogens with one attached hydrogen (secondary N) is 1. The average molecular weight is 313 g/mol. The second kappa shape index (κ2) is 5.16. The number of hydrogen-bond acceptors (Lipinski definition) is 4. The van der Waals surface area contributed by atoms with Crippen LogP contribution in [-0.2, 0) is 17.4 Å². The highest BCUT2D eigenvalue weighted by Crippen LogP contribution is 2.56. The second-order valence-corrected chi connectivity index (χ2v) is 9.35. The van der Waals surface area contributed by atoms with Gasteiger partial charge in [-0.1, -0.05) is 0 Å². The zero-order valence-corrected chi connectivity index (χ0v) is 13.8. The molecule has 20 heavy (non-hydrogen) atoms. The molecule has 4 nitrogen and oxygen atoms in total. The van der Waals surface area contributed by atoms with Crippen molar-refractivity contribution in [3.05, 3.63) is 16.1 Å². The van der Waals surface area contributed by atoms with Crippen LogP contribution < -0.4 is 10.5 Å². The first-order chi connectivity index (χ1) is 9.45. The summed E-state index contributed by atoms with van der Waals surface area (Å²) in [5, 5.41) is 9.17. The van der Waals surface area contributed by atoms with Crippen molar-refractivity contribution in [3.8, 4) is 0 Å². The molecule has 3 rings (SSSR count). The number of fused-ring (bicyclic) bond motifs is 1. The summed E-state index contributed by atoms with van der Waals surface area (Å²) in [5.74, 6) is 0.467. The summed E-state index contributed by atoms with van der Waals surface area (Å²) in [4.78, 5) is 5.98. The predicted molar refractivity (Wildman–Crippen MR) is 84.1 cm³/mol. The summed E-state index contributed by atoms with van der Waals surface area (Å²) >= 11 is 1.77. The van der Waals surface area contributed by atoms with Gasteiger partial charge in [-0.05, 0) is 58.0 Å². The van der Waals surface area contributed by atoms with Crippen LogP contribution in [0.5, 0.6) is 0 Å². The zero-order valence-electron chi connectivity index (χ0n) is 12.1. The van der Waals surface area contributed by atoms with Crippen LogP contribution in [0.2, 0.25) is 0 Å². The number of hydrogen-bond donors (Lipinski definition) is 2. The Balaban J connectivity index is 1.93. The van der Waals surface area contributed by atoms with Gasteiger partial charge in [-0.2, -0.15) is 0 Å². The number of thiazole rings is 1. The minimum atomic E-state index is -1.29. The molecular formula is C14H23N3OS2. The molecule has 6 heteroatoms. The third-order valence-corrected chi connectivity index (χ3v) is 7.33. The van der Waals surface area contributed by atoms with Crippen molar-refractivity contribution in [1.82, 2.24) is 10.3 Å². The smallest absolute Gasteiger partial charge is 0.0945 e. The first-order valence-corrected chi connectivity index (χ1v) is 9.33. The normalized spacial score (nSPS) is 26.6. The molecule has 0 bridgehead atoms. The second-order valence-electron chi connectivity index (χ2n) is 6.77. The van der Waals surface area contributed by atoms with E-state index in [4.69, 9.17) is 5.14 Å². The van der Waals surface area contributed by atoms with Crippen LogP contribution in [0.1, 0.15) is 49.6 Å². The van der Waals surface area contributed by atoms with E-state index in [0.717, 1.165) is 25.9 Å². The molecule has 0 radical (unpaired) electrons. The Morgan fingerprint density at radius 2 is 2.25 bits per heavy atom. The Hall–Kier alpha value is -0.300. The third-order valence-electron chi connectivity index (χ3n) is 5.09. The van der Waals surface area contributed by atoms with E-state index < -0.39 is 11.0 Å². The van der Waals surface area contributed by atoms with Crippen molar-refractivity contribution < 1.29 is 4.21 Å². The van der Waals surface area contributed by atoms with E-state index in [9.17, 15) is 4.21 Å². The Bertz CT molecular complexity index is 520. The molecule has 2 atom stereocenters. The van der Waals surface area contributed by atoms with Gasteiger partial charge >= 0.3 is 0 Å². The Morgan fingerprint density at radius 3 is 2.90 bits per heavy atom. The fourth-order valence-corrected chi connectivity index (χ4v) is 5.14. The minimum absolute atomic E-state index is 0.317. The summed E-state index contributed by atoms with van der Waals surface area (Å²) in [6.07, 6.45) is 4.36. The van der Waals surface area contributed by atoms with Crippen LogP contribution in [0.25, 0.3) is 0 Å². The number of nitrogens with two attached hydrogens (primary N) is 1. The van der Waals surface area contributed by atoms with E-state index in [1.807, 2.05) is 19.4 Å². The molecule has 0 aromatic carbocycles. The fourth-order valence-electron chi connectivity index (χ4n) is 3.76. The molecule has 1 aromatic heterocycles. The minimum Gasteiger partial charge on any atom is -0.317 e. The predicted octanol–water partition coefficient (Wildman–Crippen LogP) is 1.94. The van der Waals surface area contributed by atoms with Crippen molar-refractivity contribution in [2.75, 3.05) is 13.1 Å². The molecule has 0 amide bonds. The largest absolute Gasteiger partial charge is 0.317 e. The van der Waals surface area contributed by atoms with E-state index in [-0.39, 0.29) is 4.75 Å². The van der Waals surface area contributed by atoms with Gasteiger partial charge in [-0.3, -0.25) is 5.14 Å². The van der Waals surface area contributed by atoms with E-state index in [1.165, 1.54) is 23.4 Å². The van der Waals surface area contributed by atoms with Crippen molar-refractivity contribution in [3.63, 3.8) is 0 Å². The van der Waals surface area contributed by atoms with E-state index in [0.29, 0.717) is 11.3 Å². The quantitative estimate of drug-likeness (QED) is 0.896. The number of aromatic nitrogens is 1. The van der Waals surface area contributed by atoms with Gasteiger partial charge in [0.15, 0.2) is 0 Å². The molecule has 2 heterocycles. The first kappa shape index (κ1) is 14.6. The van der Waals surface area contributed by atoms with E-state index in [2.05, 4.69) is 10.3 Å². The van der Waals surface area contributed by atoms with E-state index >= 15 is 0 Å². The molecule has 1 aliphatic heterocycles. The SMILES string of the molecule is CC(C)(C[C@@H]1c2scnc2CC12CCNCC2)S(N)=O. The van der Waals surface area contributed by atoms with Crippen molar-refractivity contribution in [1.29, 1.82) is 0 Å². The van der Waals surface area contributed by atoms with Gasteiger partial charge in [-0.15, -0.1) is 11.3 Å². The van der Waals surface area contributed by atoms with Gasteiger partial charge in [0.25, 0.3) is 0 Å². The van der Waals surface area contributed by atoms with E-state index in [1.54, 1.807) is 11.3 Å². The Labute approximate surface area is 127 Å². The van der Waals surface area contributed by atoms with Gasteiger partial charge in [-0.25, -0.2) is 9.19 Å². The van der Waals surface area contributed by atoms with Crippen LogP contribution in [0.4, 0.5) is 0 Å². The van der Waals surface area contributed by atoms with Crippen molar-refractivity contribution in [2.24, 2.45) is 10.6 Å². The maximum absolute atomic E-state index is 11.8. The highest BCUT2D eigenvalue weighted by molar-refractivity contribution is 7.84. The standard InChI is InChI=1S/C14H23N3OS2/c1-13(2,20(15)18)7-10-12-11(17-9-19-12)8-14(10)3-5-16-6-4-14/h9-10,16H,3-8,15H2,1-2H3/t10-,20?/m1/s1. The molecule has 2 aliphatic rings. The number of rotatable bonds is 3. The summed E-state index contributed by atoms with van der Waals surface area (Å²) in [6, 6.07) is 0. The lowest BCUT2D eigenvalue weighted by Gasteiger charge is -2.41. The molecule has 1 aromatic rings. The lowest BCUT2D eigenvalue weighted by molar-refractivity contribution is 0.159. The lowest BCUT2D eigenvalue weighted by Crippen LogP contribution is -2.43. The van der Waals surface area contributed by atoms with Crippen LogP contribution in [0.3, 0.4) is 0 Å². The molecule has 1 fully saturated rings. The molecule has 112 valence electrons. The summed E-state index contributed by atoms with van der Waals surface area (Å²) in [6.45, 7) is 6.21. The Morgan fingerprint density at radius 1 is 1.55 bits per heavy atom. The summed E-state index contributed by atoms with van der Waals surface area (Å²) < 4.78 is 11.5. The van der Waals surface area contributed by atoms with Gasteiger partial charge in [0.2, 0.25) is 0 Å². The van der Waals surface area contributed by atoms with Crippen molar-refractivity contribution in [2.45, 2.75) is 50.2 Å². The Kier molecular flexibility index (Phi) is 3.77. The van der Waals surface area contributed by atoms with Crippen LogP contribution in [0.15, 0.2) is 5.51 Å². The molecular weight excluding hydrogens is 290 g/mol. The van der Waals surface area contributed by atoms with Gasteiger partial charge < -0.3 is 5.32 Å². The zero-order chi connectivity index (χ0) is 14.4. The average Bonchev–Trinajstić information content (AvgIpc) is 2.93. The molecule has 3 N–H and O–H groups in total. The van der Waals surface area contributed by atoms with Gasteiger partial charge in [0, 0.05) is 10.8 Å². The monoisotopic (exact) mass is 313 g/mol. The maximum Gasteiger partial charge on any atom is 0.0945 e. The number of piperidine rings is 1. The molecule has 0 saturated carbocycles. The molecule has 1 saturated heterocycles. The highest BCUT2D eigenvalue weighted by Gasteiger charge is 2.50. The fraction of sp³-hybridized carbons (Fsp3) is 0.786. The maximum atomic E-state index is 11.8. The van der Waals surface area contributed by atoms with Gasteiger partial charge in [0.1, 0.15) is 0 Å². The first-order valence-electron chi connectivity index (χ1n) is 7.24. The van der Waals surface area contributed by atoms with Gasteiger partial charge in [0.05, 0.1) is 26.9 Å². The van der Waals surface area contributed by atoms with Crippen LogP contribution in [0, 0.1) is 5.41 Å². The molecule has 1 spiro atoms. The topological polar surface area (TPSA) is 68.0 Å². The third kappa shape index (κ3) is 2.36. The van der Waals surface area contributed by atoms with Crippen molar-refractivity contribution >= 4 is 22.3 Å². The summed E-state index contributed by atoms with van der Waals surface area (Å²) in [5.41, 5.74) is 3.55. The molecule has 1 unspecified atom stereocenters.